The van der Waals surface area contributed by atoms with E-state index in [0.717, 1.165) is 83.9 Å². The second kappa shape index (κ2) is 9.14. The summed E-state index contributed by atoms with van der Waals surface area (Å²) in [6.07, 6.45) is 6.40. The molecule has 1 aromatic heterocycles. The number of nitrogens with zero attached hydrogens (tertiary/aromatic N) is 4. The number of hydrogen-bond acceptors (Lipinski definition) is 5. The van der Waals surface area contributed by atoms with Crippen LogP contribution in [-0.4, -0.2) is 84.0 Å². The molecule has 0 radical (unpaired) electrons. The van der Waals surface area contributed by atoms with Crippen LogP contribution in [-0.2, 0) is 16.1 Å². The Hall–Kier alpha value is -1.44. The van der Waals surface area contributed by atoms with Gasteiger partial charge in [-0.25, -0.2) is 0 Å². The third kappa shape index (κ3) is 4.52. The molecule has 0 spiro atoms. The largest absolute Gasteiger partial charge is 0.379 e. The average Bonchev–Trinajstić information content (AvgIpc) is 3.18. The number of carbonyl (C=O) groups is 1. The highest BCUT2D eigenvalue weighted by molar-refractivity contribution is 5.83. The second-order valence-corrected chi connectivity index (χ2v) is 9.06. The summed E-state index contributed by atoms with van der Waals surface area (Å²) in [6.45, 7) is 12.4. The number of piperidine rings is 1. The molecule has 1 amide bonds. The molecular weight excluding hydrogens is 366 g/mol. The van der Waals surface area contributed by atoms with Crippen molar-refractivity contribution in [1.82, 2.24) is 24.9 Å². The first kappa shape index (κ1) is 20.8. The highest BCUT2D eigenvalue weighted by Crippen LogP contribution is 2.47. The van der Waals surface area contributed by atoms with Crippen molar-refractivity contribution in [2.24, 2.45) is 11.3 Å². The highest BCUT2D eigenvalue weighted by Gasteiger charge is 2.52. The molecule has 1 saturated carbocycles. The fourth-order valence-corrected chi connectivity index (χ4v) is 5.68. The first-order valence-electron chi connectivity index (χ1n) is 11.4. The van der Waals surface area contributed by atoms with Gasteiger partial charge in [0.15, 0.2) is 0 Å². The predicted octanol–water partition coefficient (Wildman–Crippen LogP) is 1.52. The first-order valence-corrected chi connectivity index (χ1v) is 11.4. The van der Waals surface area contributed by atoms with Crippen LogP contribution in [0, 0.1) is 18.3 Å². The molecule has 29 heavy (non-hydrogen) atoms. The molecule has 7 heteroatoms. The van der Waals surface area contributed by atoms with Gasteiger partial charge < -0.3 is 15.0 Å². The maximum atomic E-state index is 13.5. The number of nitrogens with one attached hydrogen (secondary N) is 1. The molecule has 3 aliphatic rings. The van der Waals surface area contributed by atoms with E-state index in [1.54, 1.807) is 0 Å². The van der Waals surface area contributed by atoms with Crippen molar-refractivity contribution >= 4 is 5.91 Å². The Balaban J connectivity index is 1.41. The van der Waals surface area contributed by atoms with Crippen molar-refractivity contribution in [3.8, 4) is 0 Å². The molecule has 3 fully saturated rings. The van der Waals surface area contributed by atoms with Crippen LogP contribution in [0.5, 0.6) is 0 Å². The molecule has 0 bridgehead atoms. The van der Waals surface area contributed by atoms with E-state index in [2.05, 4.69) is 27.1 Å². The summed E-state index contributed by atoms with van der Waals surface area (Å²) in [5, 5.41) is 7.71. The number of rotatable bonds is 6. The van der Waals surface area contributed by atoms with E-state index in [1.807, 2.05) is 23.9 Å². The number of aromatic nitrogens is 2. The van der Waals surface area contributed by atoms with E-state index < -0.39 is 0 Å². The van der Waals surface area contributed by atoms with Gasteiger partial charge in [0.05, 0.1) is 30.9 Å². The monoisotopic (exact) mass is 403 g/mol. The fraction of sp³-hybridized carbons (Fsp3) is 0.818. The quantitative estimate of drug-likeness (QED) is 0.780. The summed E-state index contributed by atoms with van der Waals surface area (Å²) in [5.74, 6) is 0.754. The van der Waals surface area contributed by atoms with Crippen LogP contribution < -0.4 is 5.32 Å². The third-order valence-electron chi connectivity index (χ3n) is 7.42. The van der Waals surface area contributed by atoms with E-state index in [1.165, 1.54) is 0 Å². The fourth-order valence-electron chi connectivity index (χ4n) is 5.68. The predicted molar refractivity (Wildman–Crippen MR) is 113 cm³/mol. The molecule has 0 unspecified atom stereocenters. The minimum Gasteiger partial charge on any atom is -0.379 e. The number of morpholine rings is 1. The number of hydrogen-bond donors (Lipinski definition) is 1. The molecule has 1 aliphatic carbocycles. The summed E-state index contributed by atoms with van der Waals surface area (Å²) in [5.41, 5.74) is 0.791. The van der Waals surface area contributed by atoms with Gasteiger partial charge in [-0.3, -0.25) is 14.4 Å². The number of likely N-dealkylation sites (tertiary alicyclic amines) is 1. The standard InChI is InChI=1S/C22H37N5O2/c1-3-25-9-6-19-16-20(26-12-14-29-15-13-26)4-7-22(19,17-25)21(28)23-8-11-27-10-5-18(2)24-27/h5,10,19-20H,3-4,6-9,11-17H2,1-2H3,(H,23,28)/t19-,20+,22-/m1/s1. The van der Waals surface area contributed by atoms with Crippen LogP contribution in [0.2, 0.25) is 0 Å². The third-order valence-corrected chi connectivity index (χ3v) is 7.42. The Labute approximate surface area is 174 Å². The van der Waals surface area contributed by atoms with Gasteiger partial charge in [-0.2, -0.15) is 5.10 Å². The van der Waals surface area contributed by atoms with Gasteiger partial charge in [-0.1, -0.05) is 6.92 Å². The van der Waals surface area contributed by atoms with Crippen molar-refractivity contribution < 1.29 is 9.53 Å². The molecular formula is C22H37N5O2. The zero-order valence-corrected chi connectivity index (χ0v) is 18.1. The number of carbonyl (C=O) groups excluding carboxylic acids is 1. The second-order valence-electron chi connectivity index (χ2n) is 9.06. The van der Waals surface area contributed by atoms with Gasteiger partial charge in [-0.15, -0.1) is 0 Å². The van der Waals surface area contributed by atoms with Crippen molar-refractivity contribution in [2.45, 2.75) is 52.1 Å². The van der Waals surface area contributed by atoms with Crippen LogP contribution in [0.15, 0.2) is 12.3 Å². The van der Waals surface area contributed by atoms with Crippen molar-refractivity contribution in [3.63, 3.8) is 0 Å². The van der Waals surface area contributed by atoms with Gasteiger partial charge in [0.2, 0.25) is 5.91 Å². The van der Waals surface area contributed by atoms with E-state index in [4.69, 9.17) is 4.74 Å². The SMILES string of the molecule is CCN1CC[C@@H]2C[C@@H](N3CCOCC3)CC[C@@]2(C(=O)NCCn2ccc(C)n2)C1. The lowest BCUT2D eigenvalue weighted by atomic mass is 9.61. The number of amides is 1. The summed E-state index contributed by atoms with van der Waals surface area (Å²) < 4.78 is 7.46. The van der Waals surface area contributed by atoms with Crippen molar-refractivity contribution in [3.05, 3.63) is 18.0 Å². The van der Waals surface area contributed by atoms with Gasteiger partial charge in [0.25, 0.3) is 0 Å². The lowest BCUT2D eigenvalue weighted by Crippen LogP contribution is -2.61. The molecule has 162 valence electrons. The Morgan fingerprint density at radius 1 is 1.31 bits per heavy atom. The minimum absolute atomic E-state index is 0.225. The van der Waals surface area contributed by atoms with Gasteiger partial charge in [0, 0.05) is 38.4 Å². The molecule has 3 heterocycles. The zero-order valence-electron chi connectivity index (χ0n) is 18.1. The molecule has 7 nitrogen and oxygen atoms in total. The van der Waals surface area contributed by atoms with Crippen LogP contribution >= 0.6 is 0 Å². The van der Waals surface area contributed by atoms with E-state index in [-0.39, 0.29) is 11.3 Å². The Kier molecular flexibility index (Phi) is 6.56. The van der Waals surface area contributed by atoms with E-state index in [0.29, 0.717) is 18.5 Å². The van der Waals surface area contributed by atoms with Crippen LogP contribution in [0.1, 0.15) is 38.3 Å². The Morgan fingerprint density at radius 2 is 2.14 bits per heavy atom. The summed E-state index contributed by atoms with van der Waals surface area (Å²) in [6, 6.07) is 2.62. The smallest absolute Gasteiger partial charge is 0.227 e. The maximum absolute atomic E-state index is 13.5. The zero-order chi connectivity index (χ0) is 20.3. The molecule has 1 aromatic rings. The highest BCUT2D eigenvalue weighted by atomic mass is 16.5. The minimum atomic E-state index is -0.225. The number of aryl methyl sites for hydroxylation is 1. The molecule has 4 rings (SSSR count). The van der Waals surface area contributed by atoms with Crippen LogP contribution in [0.4, 0.5) is 0 Å². The maximum Gasteiger partial charge on any atom is 0.227 e. The average molecular weight is 404 g/mol. The summed E-state index contributed by atoms with van der Waals surface area (Å²) >= 11 is 0. The van der Waals surface area contributed by atoms with Gasteiger partial charge in [-0.05, 0) is 57.7 Å². The van der Waals surface area contributed by atoms with Crippen molar-refractivity contribution in [1.29, 1.82) is 0 Å². The first-order chi connectivity index (χ1) is 14.1. The van der Waals surface area contributed by atoms with E-state index in [9.17, 15) is 4.79 Å². The lowest BCUT2D eigenvalue weighted by molar-refractivity contribution is -0.145. The lowest BCUT2D eigenvalue weighted by Gasteiger charge is -2.53. The van der Waals surface area contributed by atoms with Gasteiger partial charge in [0.1, 0.15) is 0 Å². The molecule has 2 saturated heterocycles. The summed E-state index contributed by atoms with van der Waals surface area (Å²) in [4.78, 5) is 18.6. The normalized spacial score (nSPS) is 31.4. The topological polar surface area (TPSA) is 62.6 Å². The van der Waals surface area contributed by atoms with Crippen molar-refractivity contribution in [2.75, 3.05) is 52.5 Å². The van der Waals surface area contributed by atoms with E-state index >= 15 is 0 Å². The Morgan fingerprint density at radius 3 is 2.86 bits per heavy atom. The van der Waals surface area contributed by atoms with Crippen LogP contribution in [0.25, 0.3) is 0 Å². The number of fused-ring (bicyclic) bond motifs is 1. The molecule has 2 aliphatic heterocycles. The van der Waals surface area contributed by atoms with Crippen LogP contribution in [0.3, 0.4) is 0 Å². The molecule has 0 aromatic carbocycles. The summed E-state index contributed by atoms with van der Waals surface area (Å²) in [7, 11) is 0. The Bertz CT molecular complexity index is 686. The van der Waals surface area contributed by atoms with Gasteiger partial charge >= 0.3 is 0 Å². The molecule has 1 N–H and O–H groups in total. The molecule has 3 atom stereocenters. The number of ether oxygens (including phenoxy) is 1.